The Bertz CT molecular complexity index is 824. The van der Waals surface area contributed by atoms with E-state index in [0.717, 1.165) is 43.2 Å². The fraction of sp³-hybridized carbons (Fsp3) is 0.722. The molecule has 1 aromatic rings. The number of rotatable bonds is 2. The fourth-order valence-corrected chi connectivity index (χ4v) is 3.94. The third-order valence-corrected chi connectivity index (χ3v) is 5.55. The molecule has 0 unspecified atom stereocenters. The quantitative estimate of drug-likeness (QED) is 0.704. The molecule has 1 aromatic heterocycles. The van der Waals surface area contributed by atoms with E-state index in [1.54, 1.807) is 4.90 Å². The monoisotopic (exact) mass is 396 g/mol. The topological polar surface area (TPSA) is 92.7 Å². The summed E-state index contributed by atoms with van der Waals surface area (Å²) in [5.41, 5.74) is 1.38. The predicted molar refractivity (Wildman–Crippen MR) is 102 cm³/mol. The second-order valence-electron chi connectivity index (χ2n) is 8.19. The van der Waals surface area contributed by atoms with E-state index >= 15 is 0 Å². The average molecular weight is 397 g/mol. The molecule has 0 N–H and O–H groups in total. The van der Waals surface area contributed by atoms with Gasteiger partial charge in [-0.3, -0.25) is 0 Å². The number of hydrogen-bond acceptors (Lipinski definition) is 7. The van der Waals surface area contributed by atoms with Gasteiger partial charge in [-0.2, -0.15) is 0 Å². The molecule has 2 heterocycles. The number of hydrogen-bond donors (Lipinski definition) is 0. The van der Waals surface area contributed by atoms with Crippen LogP contribution in [0.25, 0.3) is 0 Å². The van der Waals surface area contributed by atoms with Crippen LogP contribution in [0.1, 0.15) is 44.9 Å². The summed E-state index contributed by atoms with van der Waals surface area (Å²) in [6.07, 6.45) is 4.54. The first-order chi connectivity index (χ1) is 12.5. The average Bonchev–Trinajstić information content (AvgIpc) is 2.58. The zero-order chi connectivity index (χ0) is 19.8. The molecule has 0 spiro atoms. The van der Waals surface area contributed by atoms with E-state index in [0.29, 0.717) is 32.0 Å². The number of aromatic nitrogens is 2. The minimum Gasteiger partial charge on any atom is -0.444 e. The summed E-state index contributed by atoms with van der Waals surface area (Å²) in [6.45, 7) is 7.75. The van der Waals surface area contributed by atoms with Gasteiger partial charge in [-0.15, -0.1) is 0 Å². The highest BCUT2D eigenvalue weighted by Gasteiger charge is 2.29. The second kappa shape index (κ2) is 7.26. The number of sulfone groups is 1. The SMILES string of the molecule is CC(C)(C)OC(=O)N1CCN(c2nc(S(C)(=O)=O)nc3c2CCCC3)CC1. The molecular weight excluding hydrogens is 368 g/mol. The lowest BCUT2D eigenvalue weighted by Crippen LogP contribution is -2.50. The minimum atomic E-state index is -3.48. The Hall–Kier alpha value is -1.90. The normalized spacial score (nSPS) is 18.2. The van der Waals surface area contributed by atoms with Gasteiger partial charge in [0.1, 0.15) is 11.4 Å². The smallest absolute Gasteiger partial charge is 0.410 e. The highest BCUT2D eigenvalue weighted by molar-refractivity contribution is 7.90. The van der Waals surface area contributed by atoms with Crippen LogP contribution in [-0.2, 0) is 27.4 Å². The van der Waals surface area contributed by atoms with Crippen molar-refractivity contribution in [2.45, 2.75) is 57.2 Å². The van der Waals surface area contributed by atoms with Crippen molar-refractivity contribution < 1.29 is 17.9 Å². The highest BCUT2D eigenvalue weighted by atomic mass is 32.2. The summed E-state index contributed by atoms with van der Waals surface area (Å²) >= 11 is 0. The van der Waals surface area contributed by atoms with Gasteiger partial charge in [0, 0.05) is 38.0 Å². The van der Waals surface area contributed by atoms with Crippen LogP contribution in [0.4, 0.5) is 10.6 Å². The lowest BCUT2D eigenvalue weighted by molar-refractivity contribution is 0.0240. The number of piperazine rings is 1. The van der Waals surface area contributed by atoms with Crippen molar-refractivity contribution in [2.24, 2.45) is 0 Å². The molecule has 150 valence electrons. The predicted octanol–water partition coefficient (Wildman–Crippen LogP) is 1.82. The molecule has 1 fully saturated rings. The molecule has 1 aliphatic carbocycles. The van der Waals surface area contributed by atoms with Crippen LogP contribution >= 0.6 is 0 Å². The number of fused-ring (bicyclic) bond motifs is 1. The first-order valence-corrected chi connectivity index (χ1v) is 11.3. The van der Waals surface area contributed by atoms with Crippen LogP contribution in [0, 0.1) is 0 Å². The van der Waals surface area contributed by atoms with Crippen molar-refractivity contribution in [3.05, 3.63) is 11.3 Å². The summed E-state index contributed by atoms with van der Waals surface area (Å²) in [5, 5.41) is -0.104. The van der Waals surface area contributed by atoms with Gasteiger partial charge in [0.05, 0.1) is 5.69 Å². The van der Waals surface area contributed by atoms with E-state index in [9.17, 15) is 13.2 Å². The Balaban J connectivity index is 1.81. The maximum Gasteiger partial charge on any atom is 0.410 e. The number of carbonyl (C=O) groups excluding carboxylic acids is 1. The van der Waals surface area contributed by atoms with E-state index in [1.165, 1.54) is 0 Å². The molecule has 9 heteroatoms. The Kier molecular flexibility index (Phi) is 5.33. The molecular formula is C18H28N4O4S. The molecule has 0 bridgehead atoms. The molecule has 0 radical (unpaired) electrons. The van der Waals surface area contributed by atoms with E-state index in [-0.39, 0.29) is 11.2 Å². The lowest BCUT2D eigenvalue weighted by Gasteiger charge is -2.37. The fourth-order valence-electron chi connectivity index (χ4n) is 3.41. The van der Waals surface area contributed by atoms with Crippen LogP contribution in [0.15, 0.2) is 5.16 Å². The summed E-state index contributed by atoms with van der Waals surface area (Å²) < 4.78 is 29.5. The van der Waals surface area contributed by atoms with Gasteiger partial charge >= 0.3 is 6.09 Å². The van der Waals surface area contributed by atoms with E-state index in [1.807, 2.05) is 20.8 Å². The molecule has 8 nitrogen and oxygen atoms in total. The van der Waals surface area contributed by atoms with Gasteiger partial charge in [0.25, 0.3) is 0 Å². The minimum absolute atomic E-state index is 0.104. The lowest BCUT2D eigenvalue weighted by atomic mass is 9.96. The summed E-state index contributed by atoms with van der Waals surface area (Å²) in [7, 11) is -3.48. The molecule has 0 atom stereocenters. The summed E-state index contributed by atoms with van der Waals surface area (Å²) in [6, 6.07) is 0. The third-order valence-electron chi connectivity index (χ3n) is 4.70. The van der Waals surface area contributed by atoms with E-state index in [4.69, 9.17) is 4.74 Å². The molecule has 0 saturated carbocycles. The van der Waals surface area contributed by atoms with Crippen LogP contribution < -0.4 is 4.90 Å². The number of carbonyl (C=O) groups is 1. The summed E-state index contributed by atoms with van der Waals surface area (Å²) in [5.74, 6) is 0.712. The van der Waals surface area contributed by atoms with Gasteiger partial charge in [-0.05, 0) is 46.5 Å². The molecule has 1 amide bonds. The van der Waals surface area contributed by atoms with Gasteiger partial charge in [-0.25, -0.2) is 23.2 Å². The Labute approximate surface area is 160 Å². The molecule has 27 heavy (non-hydrogen) atoms. The standard InChI is InChI=1S/C18H28N4O4S/c1-18(2,3)26-17(23)22-11-9-21(10-12-22)15-13-7-5-6-8-14(13)19-16(20-15)27(4,24)25/h5-12H2,1-4H3. The Morgan fingerprint density at radius 2 is 1.67 bits per heavy atom. The summed E-state index contributed by atoms with van der Waals surface area (Å²) in [4.78, 5) is 24.7. The van der Waals surface area contributed by atoms with E-state index in [2.05, 4.69) is 14.9 Å². The van der Waals surface area contributed by atoms with Crippen molar-refractivity contribution in [2.75, 3.05) is 37.3 Å². The molecule has 2 aliphatic rings. The number of ether oxygens (including phenoxy) is 1. The van der Waals surface area contributed by atoms with Gasteiger partial charge < -0.3 is 14.5 Å². The van der Waals surface area contributed by atoms with Crippen LogP contribution in [-0.4, -0.2) is 67.4 Å². The zero-order valence-corrected chi connectivity index (χ0v) is 17.3. The van der Waals surface area contributed by atoms with Crippen LogP contribution in [0.5, 0.6) is 0 Å². The van der Waals surface area contributed by atoms with Gasteiger partial charge in [0.2, 0.25) is 15.0 Å². The molecule has 3 rings (SSSR count). The number of amides is 1. The van der Waals surface area contributed by atoms with Crippen molar-refractivity contribution in [3.8, 4) is 0 Å². The molecule has 0 aromatic carbocycles. The van der Waals surface area contributed by atoms with Gasteiger partial charge in [0.15, 0.2) is 0 Å². The van der Waals surface area contributed by atoms with Crippen molar-refractivity contribution in [1.82, 2.24) is 14.9 Å². The first kappa shape index (κ1) is 19.9. The zero-order valence-electron chi connectivity index (χ0n) is 16.5. The largest absolute Gasteiger partial charge is 0.444 e. The van der Waals surface area contributed by atoms with Crippen LogP contribution in [0.3, 0.4) is 0 Å². The van der Waals surface area contributed by atoms with Gasteiger partial charge in [-0.1, -0.05) is 0 Å². The highest BCUT2D eigenvalue weighted by Crippen LogP contribution is 2.29. The van der Waals surface area contributed by atoms with Crippen molar-refractivity contribution >= 4 is 21.7 Å². The maximum absolute atomic E-state index is 12.3. The second-order valence-corrected chi connectivity index (χ2v) is 10.1. The Morgan fingerprint density at radius 1 is 1.04 bits per heavy atom. The number of anilines is 1. The third kappa shape index (κ3) is 4.69. The first-order valence-electron chi connectivity index (χ1n) is 9.37. The number of nitrogens with zero attached hydrogens (tertiary/aromatic N) is 4. The Morgan fingerprint density at radius 3 is 2.26 bits per heavy atom. The van der Waals surface area contributed by atoms with Crippen molar-refractivity contribution in [3.63, 3.8) is 0 Å². The van der Waals surface area contributed by atoms with Crippen molar-refractivity contribution in [1.29, 1.82) is 0 Å². The number of aryl methyl sites for hydroxylation is 1. The molecule has 1 aliphatic heterocycles. The maximum atomic E-state index is 12.3. The van der Waals surface area contributed by atoms with E-state index < -0.39 is 15.4 Å². The molecule has 1 saturated heterocycles. The van der Waals surface area contributed by atoms with Crippen LogP contribution in [0.2, 0.25) is 0 Å².